The van der Waals surface area contributed by atoms with Crippen LogP contribution < -0.4 is 5.32 Å². The number of nitriles is 2. The number of piperidine rings is 1. The first-order valence-corrected chi connectivity index (χ1v) is 5.42. The Hall–Kier alpha value is -1.59. The molecule has 0 atom stereocenters. The van der Waals surface area contributed by atoms with Crippen LogP contribution in [0.15, 0.2) is 0 Å². The first-order chi connectivity index (χ1) is 7.76. The third-order valence-corrected chi connectivity index (χ3v) is 1.99. The van der Waals surface area contributed by atoms with E-state index in [0.717, 1.165) is 0 Å². The summed E-state index contributed by atoms with van der Waals surface area (Å²) in [6, 6.07) is 3.00. The van der Waals surface area contributed by atoms with E-state index in [2.05, 4.69) is 10.1 Å². The van der Waals surface area contributed by atoms with Crippen molar-refractivity contribution in [2.45, 2.75) is 26.2 Å². The maximum Gasteiger partial charge on any atom is 0.338 e. The lowest BCUT2D eigenvalue weighted by atomic mass is 10.2. The SMILES string of the molecule is C1CCNCC1.CCOC(=O)C(C#N)C#N. The monoisotopic (exact) mass is 223 g/mol. The highest BCUT2D eigenvalue weighted by Gasteiger charge is 2.17. The zero-order chi connectivity index (χ0) is 12.2. The Morgan fingerprint density at radius 1 is 1.31 bits per heavy atom. The van der Waals surface area contributed by atoms with E-state index in [1.165, 1.54) is 44.5 Å². The van der Waals surface area contributed by atoms with Crippen molar-refractivity contribution in [2.24, 2.45) is 5.92 Å². The molecule has 0 spiro atoms. The topological polar surface area (TPSA) is 85.9 Å². The summed E-state index contributed by atoms with van der Waals surface area (Å²) in [5, 5.41) is 19.6. The molecule has 0 amide bonds. The van der Waals surface area contributed by atoms with Crippen LogP contribution >= 0.6 is 0 Å². The molecule has 16 heavy (non-hydrogen) atoms. The van der Waals surface area contributed by atoms with Crippen LogP contribution in [0.2, 0.25) is 0 Å². The third kappa shape index (κ3) is 6.80. The summed E-state index contributed by atoms with van der Waals surface area (Å²) in [4.78, 5) is 10.5. The van der Waals surface area contributed by atoms with Gasteiger partial charge in [0.2, 0.25) is 5.92 Å². The van der Waals surface area contributed by atoms with Crippen molar-refractivity contribution in [3.05, 3.63) is 0 Å². The Morgan fingerprint density at radius 2 is 1.88 bits per heavy atom. The average Bonchev–Trinajstić information content (AvgIpc) is 2.34. The largest absolute Gasteiger partial charge is 0.464 e. The lowest BCUT2D eigenvalue weighted by molar-refractivity contribution is -0.144. The van der Waals surface area contributed by atoms with Gasteiger partial charge in [-0.3, -0.25) is 0 Å². The van der Waals surface area contributed by atoms with Crippen molar-refractivity contribution >= 4 is 5.97 Å². The summed E-state index contributed by atoms with van der Waals surface area (Å²) in [5.74, 6) is -2.05. The second kappa shape index (κ2) is 9.95. The number of rotatable bonds is 2. The fraction of sp³-hybridized carbons (Fsp3) is 0.727. The van der Waals surface area contributed by atoms with E-state index in [1.54, 1.807) is 6.92 Å². The summed E-state index contributed by atoms with van der Waals surface area (Å²) in [5.41, 5.74) is 0. The minimum Gasteiger partial charge on any atom is -0.464 e. The summed E-state index contributed by atoms with van der Waals surface area (Å²) >= 11 is 0. The average molecular weight is 223 g/mol. The molecule has 1 fully saturated rings. The molecule has 0 aromatic rings. The molecule has 0 aliphatic carbocycles. The second-order valence-corrected chi connectivity index (χ2v) is 3.25. The number of carbonyl (C=O) groups excluding carboxylic acids is 1. The minimum atomic E-state index is -1.28. The van der Waals surface area contributed by atoms with Crippen LogP contribution in [0.3, 0.4) is 0 Å². The Kier molecular flexibility index (Phi) is 8.96. The molecule has 0 saturated carbocycles. The van der Waals surface area contributed by atoms with Crippen molar-refractivity contribution in [1.82, 2.24) is 5.32 Å². The second-order valence-electron chi connectivity index (χ2n) is 3.25. The molecule has 0 aromatic carbocycles. The number of nitrogens with zero attached hydrogens (tertiary/aromatic N) is 2. The van der Waals surface area contributed by atoms with Gasteiger partial charge >= 0.3 is 5.97 Å². The van der Waals surface area contributed by atoms with Crippen molar-refractivity contribution in [1.29, 1.82) is 10.5 Å². The molecule has 1 aliphatic rings. The van der Waals surface area contributed by atoms with Crippen LogP contribution in [0, 0.1) is 28.6 Å². The quantitative estimate of drug-likeness (QED) is 0.705. The summed E-state index contributed by atoms with van der Waals surface area (Å²) < 4.78 is 4.40. The Bertz CT molecular complexity index is 248. The van der Waals surface area contributed by atoms with Crippen LogP contribution in [0.25, 0.3) is 0 Å². The van der Waals surface area contributed by atoms with E-state index < -0.39 is 11.9 Å². The van der Waals surface area contributed by atoms with Gasteiger partial charge in [-0.1, -0.05) is 6.42 Å². The van der Waals surface area contributed by atoms with Crippen molar-refractivity contribution in [2.75, 3.05) is 19.7 Å². The molecular formula is C11H17N3O2. The molecule has 0 radical (unpaired) electrons. The molecule has 5 nitrogen and oxygen atoms in total. The zero-order valence-corrected chi connectivity index (χ0v) is 9.53. The molecule has 1 rings (SSSR count). The highest BCUT2D eigenvalue weighted by molar-refractivity contribution is 5.78. The van der Waals surface area contributed by atoms with Crippen molar-refractivity contribution in [3.63, 3.8) is 0 Å². The first-order valence-electron chi connectivity index (χ1n) is 5.42. The van der Waals surface area contributed by atoms with E-state index in [1.807, 2.05) is 0 Å². The first kappa shape index (κ1) is 14.4. The number of carbonyl (C=O) groups is 1. The predicted molar refractivity (Wildman–Crippen MR) is 58.1 cm³/mol. The van der Waals surface area contributed by atoms with Crippen LogP contribution in [-0.2, 0) is 9.53 Å². The van der Waals surface area contributed by atoms with Gasteiger partial charge in [-0.25, -0.2) is 4.79 Å². The van der Waals surface area contributed by atoms with Gasteiger partial charge < -0.3 is 10.1 Å². The lowest BCUT2D eigenvalue weighted by Gasteiger charge is -2.08. The third-order valence-electron chi connectivity index (χ3n) is 1.99. The summed E-state index contributed by atoms with van der Waals surface area (Å²) in [6.07, 6.45) is 4.22. The van der Waals surface area contributed by atoms with E-state index in [0.29, 0.717) is 0 Å². The smallest absolute Gasteiger partial charge is 0.338 e. The lowest BCUT2D eigenvalue weighted by Crippen LogP contribution is -2.21. The van der Waals surface area contributed by atoms with Crippen LogP contribution in [0.1, 0.15) is 26.2 Å². The van der Waals surface area contributed by atoms with Gasteiger partial charge in [-0.15, -0.1) is 0 Å². The molecule has 0 unspecified atom stereocenters. The molecule has 1 heterocycles. The van der Waals surface area contributed by atoms with Gasteiger partial charge in [0.15, 0.2) is 0 Å². The number of ether oxygens (including phenoxy) is 1. The normalized spacial score (nSPS) is 14.0. The molecule has 0 bridgehead atoms. The van der Waals surface area contributed by atoms with Gasteiger partial charge in [0.05, 0.1) is 18.7 Å². The Morgan fingerprint density at radius 3 is 2.12 bits per heavy atom. The van der Waals surface area contributed by atoms with E-state index in [-0.39, 0.29) is 6.61 Å². The van der Waals surface area contributed by atoms with Gasteiger partial charge in [-0.05, 0) is 32.9 Å². The Balaban J connectivity index is 0.000000315. The maximum atomic E-state index is 10.5. The molecule has 1 N–H and O–H groups in total. The molecule has 1 saturated heterocycles. The summed E-state index contributed by atoms with van der Waals surface area (Å²) in [7, 11) is 0. The fourth-order valence-corrected chi connectivity index (χ4v) is 1.16. The van der Waals surface area contributed by atoms with E-state index in [4.69, 9.17) is 10.5 Å². The van der Waals surface area contributed by atoms with E-state index >= 15 is 0 Å². The number of hydrogen-bond donors (Lipinski definition) is 1. The highest BCUT2D eigenvalue weighted by atomic mass is 16.5. The number of nitrogens with one attached hydrogen (secondary N) is 1. The van der Waals surface area contributed by atoms with Crippen molar-refractivity contribution in [3.8, 4) is 12.1 Å². The van der Waals surface area contributed by atoms with Gasteiger partial charge in [0, 0.05) is 0 Å². The molecule has 1 aliphatic heterocycles. The number of esters is 1. The highest BCUT2D eigenvalue weighted by Crippen LogP contribution is 1.96. The van der Waals surface area contributed by atoms with Crippen LogP contribution in [-0.4, -0.2) is 25.7 Å². The maximum absolute atomic E-state index is 10.5. The summed E-state index contributed by atoms with van der Waals surface area (Å²) in [6.45, 7) is 4.31. The molecule has 5 heteroatoms. The molecular weight excluding hydrogens is 206 g/mol. The van der Waals surface area contributed by atoms with Crippen LogP contribution in [0.5, 0.6) is 0 Å². The fourth-order valence-electron chi connectivity index (χ4n) is 1.16. The zero-order valence-electron chi connectivity index (χ0n) is 9.53. The number of hydrogen-bond acceptors (Lipinski definition) is 5. The van der Waals surface area contributed by atoms with E-state index in [9.17, 15) is 4.79 Å². The van der Waals surface area contributed by atoms with Crippen LogP contribution in [0.4, 0.5) is 0 Å². The molecule has 88 valence electrons. The van der Waals surface area contributed by atoms with Gasteiger partial charge in [0.1, 0.15) is 0 Å². The standard InChI is InChI=1S/C6H6N2O2.C5H11N/c1-2-10-6(9)5(3-7)4-8;1-2-4-6-5-3-1/h5H,2H2,1H3;6H,1-5H2. The molecule has 0 aromatic heterocycles. The minimum absolute atomic E-state index is 0.193. The van der Waals surface area contributed by atoms with Gasteiger partial charge in [-0.2, -0.15) is 10.5 Å². The van der Waals surface area contributed by atoms with Crippen molar-refractivity contribution < 1.29 is 9.53 Å². The van der Waals surface area contributed by atoms with Gasteiger partial charge in [0.25, 0.3) is 0 Å². The predicted octanol–water partition coefficient (Wildman–Crippen LogP) is 0.973. The Labute approximate surface area is 96.0 Å².